The third-order valence-electron chi connectivity index (χ3n) is 2.70. The van der Waals surface area contributed by atoms with Gasteiger partial charge in [0.15, 0.2) is 0 Å². The van der Waals surface area contributed by atoms with Gasteiger partial charge >= 0.3 is 0 Å². The van der Waals surface area contributed by atoms with Gasteiger partial charge in [-0.25, -0.2) is 0 Å². The van der Waals surface area contributed by atoms with Crippen molar-refractivity contribution in [1.82, 2.24) is 0 Å². The molecule has 16 heavy (non-hydrogen) atoms. The molecule has 0 rings (SSSR count). The zero-order chi connectivity index (χ0) is 12.7. The molecule has 0 fully saturated rings. The molecular weight excluding hydrogens is 236 g/mol. The smallest absolute Gasteiger partial charge is 0.0634 e. The summed E-state index contributed by atoms with van der Waals surface area (Å²) in [7, 11) is 3.72. The fourth-order valence-corrected chi connectivity index (χ4v) is 2.63. The van der Waals surface area contributed by atoms with E-state index in [-0.39, 0.29) is 11.0 Å². The third kappa shape index (κ3) is 8.54. The number of hydrogen-bond donors (Lipinski definition) is 0. The van der Waals surface area contributed by atoms with Crippen LogP contribution in [0.4, 0.5) is 0 Å². The zero-order valence-electron chi connectivity index (χ0n) is 11.3. The van der Waals surface area contributed by atoms with E-state index in [2.05, 4.69) is 40.5 Å². The van der Waals surface area contributed by atoms with Gasteiger partial charge in [-0.3, -0.25) is 0 Å². The van der Waals surface area contributed by atoms with Gasteiger partial charge in [-0.15, -0.1) is 6.58 Å². The van der Waals surface area contributed by atoms with E-state index in [0.717, 1.165) is 25.2 Å². The molecule has 0 radical (unpaired) electrons. The lowest BCUT2D eigenvalue weighted by molar-refractivity contribution is -0.0271. The molecule has 0 heterocycles. The van der Waals surface area contributed by atoms with Crippen LogP contribution in [0.15, 0.2) is 12.7 Å². The van der Waals surface area contributed by atoms with E-state index < -0.39 is 0 Å². The van der Waals surface area contributed by atoms with Crippen LogP contribution in [0.1, 0.15) is 40.5 Å². The van der Waals surface area contributed by atoms with E-state index in [1.54, 1.807) is 0 Å². The van der Waals surface area contributed by atoms with Gasteiger partial charge < -0.3 is 4.74 Å². The number of hydrogen-bond acceptors (Lipinski definition) is 3. The number of allylic oxidation sites excluding steroid dienone is 1. The van der Waals surface area contributed by atoms with E-state index in [1.165, 1.54) is 0 Å². The molecule has 0 bridgehead atoms. The van der Waals surface area contributed by atoms with Crippen LogP contribution in [0.5, 0.6) is 0 Å². The molecule has 0 spiro atoms. The average molecular weight is 262 g/mol. The Labute approximate surface area is 109 Å². The first kappa shape index (κ1) is 16.4. The molecule has 0 aliphatic heterocycles. The summed E-state index contributed by atoms with van der Waals surface area (Å²) in [5.74, 6) is 1.15. The molecule has 0 aromatic heterocycles. The molecule has 0 aliphatic carbocycles. The molecule has 1 nitrogen and oxygen atoms in total. The molecule has 0 saturated carbocycles. The minimum atomic E-state index is -0.0000198. The van der Waals surface area contributed by atoms with Gasteiger partial charge in [0, 0.05) is 12.4 Å². The van der Waals surface area contributed by atoms with Gasteiger partial charge in [0.05, 0.1) is 5.60 Å². The summed E-state index contributed by atoms with van der Waals surface area (Å²) in [5, 5.41) is 0. The second-order valence-electron chi connectivity index (χ2n) is 5.29. The van der Waals surface area contributed by atoms with Crippen molar-refractivity contribution >= 4 is 21.6 Å². The molecular formula is C13H26OS2. The second kappa shape index (κ2) is 7.67. The van der Waals surface area contributed by atoms with Gasteiger partial charge in [-0.1, -0.05) is 41.5 Å². The van der Waals surface area contributed by atoms with E-state index >= 15 is 0 Å². The van der Waals surface area contributed by atoms with Crippen molar-refractivity contribution in [1.29, 1.82) is 0 Å². The zero-order valence-corrected chi connectivity index (χ0v) is 13.0. The van der Waals surface area contributed by atoms with Crippen LogP contribution in [0, 0.1) is 5.41 Å². The molecule has 0 N–H and O–H groups in total. The van der Waals surface area contributed by atoms with Crippen LogP contribution in [0.25, 0.3) is 0 Å². The summed E-state index contributed by atoms with van der Waals surface area (Å²) in [6.07, 6.45) is 6.26. The van der Waals surface area contributed by atoms with E-state index in [9.17, 15) is 0 Å². The standard InChI is InChI=1S/C13H26OS2/c1-7-12(2,3)8-10-14-13(4,5)9-11-16-15-6/h7H,1,8-11H2,2-6H3. The average Bonchev–Trinajstić information content (AvgIpc) is 2.17. The summed E-state index contributed by atoms with van der Waals surface area (Å²) >= 11 is 0. The van der Waals surface area contributed by atoms with Gasteiger partial charge in [0.25, 0.3) is 0 Å². The van der Waals surface area contributed by atoms with Crippen molar-refractivity contribution in [3.63, 3.8) is 0 Å². The lowest BCUT2D eigenvalue weighted by Crippen LogP contribution is -2.27. The molecule has 0 aliphatic rings. The molecule has 96 valence electrons. The van der Waals surface area contributed by atoms with E-state index in [0.29, 0.717) is 0 Å². The van der Waals surface area contributed by atoms with Crippen molar-refractivity contribution in [3.8, 4) is 0 Å². The third-order valence-corrected chi connectivity index (χ3v) is 4.51. The first-order valence-electron chi connectivity index (χ1n) is 5.76. The van der Waals surface area contributed by atoms with Gasteiger partial charge in [0.1, 0.15) is 0 Å². The van der Waals surface area contributed by atoms with Crippen LogP contribution in [-0.2, 0) is 4.74 Å². The largest absolute Gasteiger partial charge is 0.376 e. The monoisotopic (exact) mass is 262 g/mol. The maximum atomic E-state index is 5.94. The minimum absolute atomic E-state index is 0.0000198. The Morgan fingerprint density at radius 3 is 2.31 bits per heavy atom. The van der Waals surface area contributed by atoms with Crippen LogP contribution < -0.4 is 0 Å². The molecule has 0 aromatic rings. The van der Waals surface area contributed by atoms with Crippen molar-refractivity contribution in [3.05, 3.63) is 12.7 Å². The van der Waals surface area contributed by atoms with Crippen molar-refractivity contribution in [2.45, 2.75) is 46.1 Å². The summed E-state index contributed by atoms with van der Waals surface area (Å²) in [6, 6.07) is 0. The van der Waals surface area contributed by atoms with Gasteiger partial charge in [-0.05, 0) is 38.4 Å². The van der Waals surface area contributed by atoms with Crippen molar-refractivity contribution < 1.29 is 4.74 Å². The Morgan fingerprint density at radius 1 is 1.19 bits per heavy atom. The summed E-state index contributed by atoms with van der Waals surface area (Å²) in [6.45, 7) is 13.4. The van der Waals surface area contributed by atoms with Crippen molar-refractivity contribution in [2.75, 3.05) is 18.6 Å². The lowest BCUT2D eigenvalue weighted by atomic mass is 9.90. The summed E-state index contributed by atoms with van der Waals surface area (Å²) < 4.78 is 5.94. The number of rotatable bonds is 9. The Balaban J connectivity index is 3.77. The molecule has 0 amide bonds. The first-order valence-corrected chi connectivity index (χ1v) is 8.49. The molecule has 0 aromatic carbocycles. The molecule has 0 atom stereocenters. The van der Waals surface area contributed by atoms with Gasteiger partial charge in [-0.2, -0.15) is 0 Å². The Morgan fingerprint density at radius 2 is 1.81 bits per heavy atom. The first-order chi connectivity index (χ1) is 7.33. The highest BCUT2D eigenvalue weighted by molar-refractivity contribution is 8.76. The van der Waals surface area contributed by atoms with Crippen LogP contribution in [0.2, 0.25) is 0 Å². The predicted octanol–water partition coefficient (Wildman–Crippen LogP) is 4.79. The van der Waals surface area contributed by atoms with Crippen molar-refractivity contribution in [2.24, 2.45) is 5.41 Å². The second-order valence-corrected chi connectivity index (χ2v) is 7.97. The van der Waals surface area contributed by atoms with Crippen LogP contribution in [-0.4, -0.2) is 24.2 Å². The summed E-state index contributed by atoms with van der Waals surface area (Å²) in [5.41, 5.74) is 0.185. The molecule has 3 heteroatoms. The molecule has 0 unspecified atom stereocenters. The predicted molar refractivity (Wildman–Crippen MR) is 79.2 cm³/mol. The lowest BCUT2D eigenvalue weighted by Gasteiger charge is -2.27. The van der Waals surface area contributed by atoms with E-state index in [1.807, 2.05) is 27.7 Å². The number of ether oxygens (including phenoxy) is 1. The topological polar surface area (TPSA) is 9.23 Å². The summed E-state index contributed by atoms with van der Waals surface area (Å²) in [4.78, 5) is 0. The quantitative estimate of drug-likeness (QED) is 0.336. The SMILES string of the molecule is C=CC(C)(C)CCOC(C)(C)CCSSC. The Bertz CT molecular complexity index is 200. The Kier molecular flexibility index (Phi) is 7.87. The highest BCUT2D eigenvalue weighted by Gasteiger charge is 2.20. The highest BCUT2D eigenvalue weighted by Crippen LogP contribution is 2.26. The van der Waals surface area contributed by atoms with E-state index in [4.69, 9.17) is 4.74 Å². The molecule has 0 saturated heterocycles. The fraction of sp³-hybridized carbons (Fsp3) is 0.846. The van der Waals surface area contributed by atoms with Crippen LogP contribution >= 0.6 is 21.6 Å². The fourth-order valence-electron chi connectivity index (χ4n) is 1.14. The highest BCUT2D eigenvalue weighted by atomic mass is 33.1. The maximum Gasteiger partial charge on any atom is 0.0634 e. The minimum Gasteiger partial charge on any atom is -0.376 e. The maximum absolute atomic E-state index is 5.94. The Hall–Kier alpha value is 0.400. The van der Waals surface area contributed by atoms with Crippen LogP contribution in [0.3, 0.4) is 0 Å². The normalized spacial score (nSPS) is 12.8. The van der Waals surface area contributed by atoms with Gasteiger partial charge in [0.2, 0.25) is 0 Å².